The highest BCUT2D eigenvalue weighted by molar-refractivity contribution is 7.13. The lowest BCUT2D eigenvalue weighted by Gasteiger charge is -2.38. The van der Waals surface area contributed by atoms with Crippen molar-refractivity contribution in [1.29, 1.82) is 0 Å². The number of carbonyl (C=O) groups is 1. The van der Waals surface area contributed by atoms with Gasteiger partial charge in [0.1, 0.15) is 11.4 Å². The molecule has 2 bridgehead atoms. The molecule has 2 atom stereocenters. The lowest BCUT2D eigenvalue weighted by molar-refractivity contribution is 0.0521. The van der Waals surface area contributed by atoms with Gasteiger partial charge in [0.05, 0.1) is 11.8 Å². The van der Waals surface area contributed by atoms with Crippen molar-refractivity contribution in [3.8, 4) is 5.75 Å². The van der Waals surface area contributed by atoms with Gasteiger partial charge in [0.2, 0.25) is 0 Å². The minimum Gasteiger partial charge on any atom is -0.497 e. The van der Waals surface area contributed by atoms with Crippen LogP contribution in [0.5, 0.6) is 5.75 Å². The molecule has 0 spiro atoms. The minimum atomic E-state index is 0.0708. The largest absolute Gasteiger partial charge is 0.497 e. The van der Waals surface area contributed by atoms with Crippen LogP contribution in [0.15, 0.2) is 18.2 Å². The molecule has 2 fully saturated rings. The van der Waals surface area contributed by atoms with Gasteiger partial charge in [-0.05, 0) is 49.6 Å². The maximum atomic E-state index is 12.9. The summed E-state index contributed by atoms with van der Waals surface area (Å²) in [6.45, 7) is 1.64. The summed E-state index contributed by atoms with van der Waals surface area (Å²) in [6, 6.07) is 6.79. The van der Waals surface area contributed by atoms with Gasteiger partial charge in [-0.2, -0.15) is 4.37 Å². The molecule has 6 heteroatoms. The van der Waals surface area contributed by atoms with Gasteiger partial charge in [-0.3, -0.25) is 9.69 Å². The van der Waals surface area contributed by atoms with Gasteiger partial charge in [0.15, 0.2) is 0 Å². The summed E-state index contributed by atoms with van der Waals surface area (Å²) in [4.78, 5) is 17.3. The Morgan fingerprint density at radius 3 is 2.73 bits per heavy atom. The van der Waals surface area contributed by atoms with Gasteiger partial charge in [0.25, 0.3) is 5.91 Å². The van der Waals surface area contributed by atoms with E-state index in [0.29, 0.717) is 17.8 Å². The highest BCUT2D eigenvalue weighted by atomic mass is 32.1. The molecule has 1 aromatic heterocycles. The Balaban J connectivity index is 1.63. The summed E-state index contributed by atoms with van der Waals surface area (Å²) in [5, 5.41) is 0.932. The number of ether oxygens (including phenoxy) is 1. The molecule has 22 heavy (non-hydrogen) atoms. The number of carbonyl (C=O) groups excluding carboxylic acids is 1. The SMILES string of the molecule is COc1ccc2c(C(=O)N3CC4CCC(C3)N4C)nsc2c1. The van der Waals surface area contributed by atoms with Crippen LogP contribution in [0.2, 0.25) is 0 Å². The van der Waals surface area contributed by atoms with Gasteiger partial charge in [0, 0.05) is 30.6 Å². The van der Waals surface area contributed by atoms with Gasteiger partial charge < -0.3 is 9.64 Å². The third-order valence-corrected chi connectivity index (χ3v) is 5.82. The maximum absolute atomic E-state index is 12.9. The molecule has 3 heterocycles. The van der Waals surface area contributed by atoms with Crippen molar-refractivity contribution in [2.45, 2.75) is 24.9 Å². The van der Waals surface area contributed by atoms with Crippen molar-refractivity contribution in [2.75, 3.05) is 27.2 Å². The molecule has 1 amide bonds. The molecule has 0 N–H and O–H groups in total. The molecule has 2 aromatic rings. The number of fused-ring (bicyclic) bond motifs is 3. The number of nitrogens with zero attached hydrogens (tertiary/aromatic N) is 3. The van der Waals surface area contributed by atoms with E-state index in [2.05, 4.69) is 16.3 Å². The van der Waals surface area contributed by atoms with Crippen molar-refractivity contribution < 1.29 is 9.53 Å². The second-order valence-electron chi connectivity index (χ2n) is 6.15. The number of likely N-dealkylation sites (tertiary alicyclic amines) is 1. The Morgan fingerprint density at radius 2 is 2.05 bits per heavy atom. The number of hydrogen-bond acceptors (Lipinski definition) is 5. The fraction of sp³-hybridized carbons (Fsp3) is 0.500. The lowest BCUT2D eigenvalue weighted by Crippen LogP contribution is -2.53. The van der Waals surface area contributed by atoms with E-state index in [1.807, 2.05) is 23.1 Å². The topological polar surface area (TPSA) is 45.7 Å². The Kier molecular flexibility index (Phi) is 3.31. The number of likely N-dealkylation sites (N-methyl/N-ethyl adjacent to an activating group) is 1. The summed E-state index contributed by atoms with van der Waals surface area (Å²) in [5.41, 5.74) is 0.589. The molecule has 0 saturated carbocycles. The Bertz CT molecular complexity index is 715. The molecule has 0 aliphatic carbocycles. The maximum Gasteiger partial charge on any atom is 0.274 e. The zero-order chi connectivity index (χ0) is 15.3. The van der Waals surface area contributed by atoms with Crippen LogP contribution in [0, 0.1) is 0 Å². The number of hydrogen-bond donors (Lipinski definition) is 0. The first kappa shape index (κ1) is 14.0. The van der Waals surface area contributed by atoms with Crippen molar-refractivity contribution in [1.82, 2.24) is 14.2 Å². The fourth-order valence-corrected chi connectivity index (χ4v) is 4.43. The number of benzene rings is 1. The third kappa shape index (κ3) is 2.09. The van der Waals surface area contributed by atoms with E-state index in [9.17, 15) is 4.79 Å². The summed E-state index contributed by atoms with van der Waals surface area (Å²) < 4.78 is 10.7. The molecule has 116 valence electrons. The zero-order valence-corrected chi connectivity index (χ0v) is 13.6. The first-order chi connectivity index (χ1) is 10.7. The van der Waals surface area contributed by atoms with E-state index in [4.69, 9.17) is 4.74 Å². The van der Waals surface area contributed by atoms with Crippen LogP contribution in [0.25, 0.3) is 10.1 Å². The first-order valence-corrected chi connectivity index (χ1v) is 8.39. The fourth-order valence-electron chi connectivity index (χ4n) is 3.63. The molecule has 1 aromatic carbocycles. The predicted octanol–water partition coefficient (Wildman–Crippen LogP) is 2.22. The molecule has 2 aliphatic rings. The average Bonchev–Trinajstić information content (AvgIpc) is 3.02. The molecule has 2 saturated heterocycles. The highest BCUT2D eigenvalue weighted by Crippen LogP contribution is 2.31. The van der Waals surface area contributed by atoms with Crippen LogP contribution in [0.1, 0.15) is 23.3 Å². The van der Waals surface area contributed by atoms with Crippen molar-refractivity contribution in [3.63, 3.8) is 0 Å². The van der Waals surface area contributed by atoms with Crippen LogP contribution in [-0.4, -0.2) is 59.4 Å². The van der Waals surface area contributed by atoms with Gasteiger partial charge >= 0.3 is 0 Å². The van der Waals surface area contributed by atoms with Crippen LogP contribution in [-0.2, 0) is 0 Å². The number of rotatable bonds is 2. The quantitative estimate of drug-likeness (QED) is 0.852. The number of methoxy groups -OCH3 is 1. The van der Waals surface area contributed by atoms with E-state index >= 15 is 0 Å². The highest BCUT2D eigenvalue weighted by Gasteiger charge is 2.39. The summed E-state index contributed by atoms with van der Waals surface area (Å²) in [6.07, 6.45) is 2.39. The van der Waals surface area contributed by atoms with Gasteiger partial charge in [-0.15, -0.1) is 0 Å². The normalized spacial score (nSPS) is 24.9. The van der Waals surface area contributed by atoms with Crippen molar-refractivity contribution in [3.05, 3.63) is 23.9 Å². The second kappa shape index (κ2) is 5.21. The van der Waals surface area contributed by atoms with E-state index in [1.54, 1.807) is 7.11 Å². The van der Waals surface area contributed by atoms with E-state index in [1.165, 1.54) is 24.4 Å². The van der Waals surface area contributed by atoms with Gasteiger partial charge in [-0.1, -0.05) is 0 Å². The molecular weight excluding hydrogens is 298 g/mol. The minimum absolute atomic E-state index is 0.0708. The smallest absolute Gasteiger partial charge is 0.274 e. The summed E-state index contributed by atoms with van der Waals surface area (Å²) in [7, 11) is 3.82. The van der Waals surface area contributed by atoms with Crippen LogP contribution in [0.3, 0.4) is 0 Å². The molecule has 0 radical (unpaired) electrons. The van der Waals surface area contributed by atoms with Crippen molar-refractivity contribution in [2.24, 2.45) is 0 Å². The van der Waals surface area contributed by atoms with Crippen LogP contribution in [0.4, 0.5) is 0 Å². The number of amides is 1. The van der Waals surface area contributed by atoms with Crippen LogP contribution < -0.4 is 4.74 Å². The van der Waals surface area contributed by atoms with Crippen LogP contribution >= 0.6 is 11.5 Å². The zero-order valence-electron chi connectivity index (χ0n) is 12.8. The lowest BCUT2D eigenvalue weighted by atomic mass is 10.1. The van der Waals surface area contributed by atoms with E-state index in [-0.39, 0.29) is 5.91 Å². The van der Waals surface area contributed by atoms with E-state index in [0.717, 1.165) is 28.9 Å². The average molecular weight is 317 g/mol. The molecule has 2 unspecified atom stereocenters. The standard InChI is InChI=1S/C16H19N3O2S/c1-18-10-3-4-11(18)9-19(8-10)16(20)15-13-6-5-12(21-2)7-14(13)22-17-15/h5-7,10-11H,3-4,8-9H2,1-2H3. The summed E-state index contributed by atoms with van der Waals surface area (Å²) in [5.74, 6) is 0.870. The summed E-state index contributed by atoms with van der Waals surface area (Å²) >= 11 is 1.37. The van der Waals surface area contributed by atoms with Crippen molar-refractivity contribution >= 4 is 27.5 Å². The number of aromatic nitrogens is 1. The predicted molar refractivity (Wildman–Crippen MR) is 86.6 cm³/mol. The second-order valence-corrected chi connectivity index (χ2v) is 6.96. The van der Waals surface area contributed by atoms with E-state index < -0.39 is 0 Å². The Labute approximate surface area is 133 Å². The van der Waals surface area contributed by atoms with Gasteiger partial charge in [-0.25, -0.2) is 0 Å². The molecule has 2 aliphatic heterocycles. The monoisotopic (exact) mass is 317 g/mol. The third-order valence-electron chi connectivity index (χ3n) is 5.02. The molecular formula is C16H19N3O2S. The molecule has 4 rings (SSSR count). The Hall–Kier alpha value is -1.66. The number of piperazine rings is 1. The molecule has 5 nitrogen and oxygen atoms in total. The Morgan fingerprint density at radius 1 is 1.32 bits per heavy atom. The first-order valence-electron chi connectivity index (χ1n) is 7.62.